The fraction of sp³-hybridized carbons (Fsp3) is 0.652. The number of carbonyl (C=O) groups is 2. The average Bonchev–Trinajstić information content (AvgIpc) is 3.47. The third kappa shape index (κ3) is 7.95. The van der Waals surface area contributed by atoms with Crippen LogP contribution in [-0.2, 0) is 0 Å². The summed E-state index contributed by atoms with van der Waals surface area (Å²) >= 11 is 12.6. The molecule has 6 rings (SSSR count). The Hall–Kier alpha value is -2.70. The number of aromatic carboxylic acids is 2. The number of allylic oxidation sites excluding steroid dienone is 1. The molecule has 2 aromatic carbocycles. The summed E-state index contributed by atoms with van der Waals surface area (Å²) in [6, 6.07) is 5.62. The van der Waals surface area contributed by atoms with Gasteiger partial charge in [-0.3, -0.25) is 0 Å². The number of rotatable bonds is 13. The van der Waals surface area contributed by atoms with Crippen LogP contribution in [0.25, 0.3) is 5.57 Å². The quantitative estimate of drug-likeness (QED) is 0.150. The maximum absolute atomic E-state index is 11.9. The Morgan fingerprint density at radius 3 is 1.96 bits per heavy atom. The van der Waals surface area contributed by atoms with Crippen molar-refractivity contribution in [3.8, 4) is 11.5 Å². The van der Waals surface area contributed by atoms with E-state index in [0.29, 0.717) is 39.9 Å². The first-order chi connectivity index (χ1) is 25.5. The summed E-state index contributed by atoms with van der Waals surface area (Å²) in [5.41, 5.74) is 1.62. The van der Waals surface area contributed by atoms with Crippen molar-refractivity contribution in [2.24, 2.45) is 58.2 Å². The standard InChI is InChI=1S/C46H62Cl2O6/c1-26(2)9-8-10-27(3)36-15-16-37-33-14-13-31-21-28(17-19-45(31,4)38(33)18-20-46(36,37)5)11-6-7-12-32(29-22-34(43(51)52)41(49)39(47)24-29)30-23-35(44(53)54)42(50)40(48)25-30/h12,22-28,31,33,36-38,49-50H,6-11,13-21H2,1-5H3,(H,51,52)(H,53,54)/t27-,28+,31?,33+,36?,37?,38?,45+,46-/m1/s1. The minimum Gasteiger partial charge on any atom is -0.505 e. The molecule has 9 atom stereocenters. The van der Waals surface area contributed by atoms with Crippen molar-refractivity contribution >= 4 is 40.7 Å². The van der Waals surface area contributed by atoms with Crippen molar-refractivity contribution < 1.29 is 30.0 Å². The van der Waals surface area contributed by atoms with Gasteiger partial charge in [0, 0.05) is 0 Å². The normalized spacial score (nSPS) is 31.0. The van der Waals surface area contributed by atoms with Gasteiger partial charge in [-0.15, -0.1) is 0 Å². The number of carboxylic acid groups (broad SMARTS) is 2. The Kier molecular flexibility index (Phi) is 12.4. The van der Waals surface area contributed by atoms with Crippen LogP contribution in [0.1, 0.15) is 163 Å². The predicted molar refractivity (Wildman–Crippen MR) is 218 cm³/mol. The van der Waals surface area contributed by atoms with E-state index in [1.165, 1.54) is 101 Å². The summed E-state index contributed by atoms with van der Waals surface area (Å²) in [6.45, 7) is 12.6. The van der Waals surface area contributed by atoms with E-state index in [2.05, 4.69) is 34.6 Å². The Labute approximate surface area is 332 Å². The topological polar surface area (TPSA) is 115 Å². The van der Waals surface area contributed by atoms with Crippen molar-refractivity contribution in [1.82, 2.24) is 0 Å². The molecule has 6 nitrogen and oxygen atoms in total. The van der Waals surface area contributed by atoms with E-state index in [1.807, 2.05) is 6.08 Å². The molecule has 4 aliphatic carbocycles. The summed E-state index contributed by atoms with van der Waals surface area (Å²) < 4.78 is 0. The molecule has 0 spiro atoms. The number of benzene rings is 2. The van der Waals surface area contributed by atoms with Gasteiger partial charge in [-0.1, -0.05) is 89.6 Å². The van der Waals surface area contributed by atoms with Crippen LogP contribution in [-0.4, -0.2) is 32.4 Å². The molecule has 0 heterocycles. The molecule has 4 aliphatic rings. The Morgan fingerprint density at radius 1 is 0.778 bits per heavy atom. The lowest BCUT2D eigenvalue weighted by Gasteiger charge is -2.61. The maximum atomic E-state index is 11.9. The molecule has 0 amide bonds. The highest BCUT2D eigenvalue weighted by atomic mass is 35.5. The molecule has 4 unspecified atom stereocenters. The van der Waals surface area contributed by atoms with Gasteiger partial charge in [-0.05, 0) is 170 Å². The van der Waals surface area contributed by atoms with Gasteiger partial charge in [0.2, 0.25) is 0 Å². The molecule has 0 bridgehead atoms. The van der Waals surface area contributed by atoms with E-state index in [-0.39, 0.29) is 21.2 Å². The highest BCUT2D eigenvalue weighted by Crippen LogP contribution is 2.69. The molecule has 4 fully saturated rings. The summed E-state index contributed by atoms with van der Waals surface area (Å²) in [4.78, 5) is 23.9. The summed E-state index contributed by atoms with van der Waals surface area (Å²) in [5, 5.41) is 39.9. The van der Waals surface area contributed by atoms with Gasteiger partial charge in [0.1, 0.15) is 22.6 Å². The van der Waals surface area contributed by atoms with Crippen molar-refractivity contribution in [2.75, 3.05) is 0 Å². The molecule has 0 aliphatic heterocycles. The first kappa shape index (κ1) is 40.9. The third-order valence-corrected chi connectivity index (χ3v) is 15.9. The minimum atomic E-state index is -1.33. The molecule has 0 saturated heterocycles. The molecule has 2 aromatic rings. The lowest BCUT2D eigenvalue weighted by Crippen LogP contribution is -2.53. The number of carboxylic acids is 2. The fourth-order valence-corrected chi connectivity index (χ4v) is 13.0. The molecule has 0 radical (unpaired) electrons. The maximum Gasteiger partial charge on any atom is 0.339 e. The van der Waals surface area contributed by atoms with Crippen LogP contribution < -0.4 is 0 Å². The number of hydrogen-bond donors (Lipinski definition) is 4. The fourth-order valence-electron chi connectivity index (χ4n) is 12.5. The van der Waals surface area contributed by atoms with Gasteiger partial charge < -0.3 is 20.4 Å². The van der Waals surface area contributed by atoms with E-state index in [9.17, 15) is 30.0 Å². The van der Waals surface area contributed by atoms with Crippen molar-refractivity contribution in [1.29, 1.82) is 0 Å². The second kappa shape index (κ2) is 16.4. The summed E-state index contributed by atoms with van der Waals surface area (Å²) in [7, 11) is 0. The van der Waals surface area contributed by atoms with Crippen LogP contribution >= 0.6 is 23.2 Å². The molecular formula is C46H62Cl2O6. The summed E-state index contributed by atoms with van der Waals surface area (Å²) in [6.07, 6.45) is 21.1. The number of aromatic hydroxyl groups is 2. The van der Waals surface area contributed by atoms with Crippen LogP contribution in [0.4, 0.5) is 0 Å². The average molecular weight is 782 g/mol. The van der Waals surface area contributed by atoms with Crippen LogP contribution in [0.5, 0.6) is 11.5 Å². The number of unbranched alkanes of at least 4 members (excludes halogenated alkanes) is 1. The van der Waals surface area contributed by atoms with E-state index < -0.39 is 23.4 Å². The van der Waals surface area contributed by atoms with E-state index in [1.54, 1.807) is 0 Å². The van der Waals surface area contributed by atoms with Crippen LogP contribution in [0.3, 0.4) is 0 Å². The number of fused-ring (bicyclic) bond motifs is 5. The zero-order chi connectivity index (χ0) is 39.1. The second-order valence-electron chi connectivity index (χ2n) is 18.7. The second-order valence-corrected chi connectivity index (χ2v) is 19.5. The van der Waals surface area contributed by atoms with Gasteiger partial charge in [-0.2, -0.15) is 0 Å². The van der Waals surface area contributed by atoms with E-state index in [4.69, 9.17) is 23.2 Å². The molecule has 0 aromatic heterocycles. The Bertz CT molecular complexity index is 1680. The number of hydrogen-bond acceptors (Lipinski definition) is 4. The van der Waals surface area contributed by atoms with Gasteiger partial charge >= 0.3 is 11.9 Å². The molecule has 8 heteroatoms. The Morgan fingerprint density at radius 2 is 1.37 bits per heavy atom. The van der Waals surface area contributed by atoms with Crippen LogP contribution in [0.2, 0.25) is 10.0 Å². The molecule has 4 N–H and O–H groups in total. The Balaban J connectivity index is 1.12. The lowest BCUT2D eigenvalue weighted by molar-refractivity contribution is -0.121. The first-order valence-electron chi connectivity index (χ1n) is 20.8. The predicted octanol–water partition coefficient (Wildman–Crippen LogP) is 13.1. The third-order valence-electron chi connectivity index (χ3n) is 15.4. The van der Waals surface area contributed by atoms with Crippen molar-refractivity contribution in [3.63, 3.8) is 0 Å². The largest absolute Gasteiger partial charge is 0.505 e. The molecular weight excluding hydrogens is 719 g/mol. The zero-order valence-corrected chi connectivity index (χ0v) is 34.5. The van der Waals surface area contributed by atoms with Gasteiger partial charge in [0.25, 0.3) is 0 Å². The SMILES string of the molecule is CC(C)CCC[C@@H](C)C1CCC2[C@@H]3CCC4C[C@@H](CCCC=C(c5cc(Cl)c(O)c(C(=O)O)c5)c5cc(Cl)c(O)c(C(=O)O)c5)CC[C@]4(C)C3CC[C@@]21C. The van der Waals surface area contributed by atoms with E-state index >= 15 is 0 Å². The molecule has 4 saturated carbocycles. The number of phenols is 2. The van der Waals surface area contributed by atoms with Crippen molar-refractivity contribution in [3.05, 3.63) is 62.6 Å². The minimum absolute atomic E-state index is 0.124. The van der Waals surface area contributed by atoms with Crippen molar-refractivity contribution in [2.45, 2.75) is 131 Å². The van der Waals surface area contributed by atoms with Gasteiger partial charge in [0.15, 0.2) is 0 Å². The van der Waals surface area contributed by atoms with Gasteiger partial charge in [0.05, 0.1) is 10.0 Å². The monoisotopic (exact) mass is 780 g/mol. The summed E-state index contributed by atoms with van der Waals surface area (Å²) in [5.74, 6) is 2.90. The number of halogens is 2. The van der Waals surface area contributed by atoms with Gasteiger partial charge in [-0.25, -0.2) is 9.59 Å². The zero-order valence-electron chi connectivity index (χ0n) is 33.0. The highest BCUT2D eigenvalue weighted by molar-refractivity contribution is 6.33. The van der Waals surface area contributed by atoms with E-state index in [0.717, 1.165) is 54.3 Å². The molecule has 296 valence electrons. The lowest BCUT2D eigenvalue weighted by atomic mass is 9.44. The smallest absolute Gasteiger partial charge is 0.339 e. The first-order valence-corrected chi connectivity index (χ1v) is 21.5. The van der Waals surface area contributed by atoms with Crippen LogP contribution in [0, 0.1) is 58.2 Å². The van der Waals surface area contributed by atoms with Crippen LogP contribution in [0.15, 0.2) is 30.3 Å². The molecule has 54 heavy (non-hydrogen) atoms. The highest BCUT2D eigenvalue weighted by Gasteiger charge is 2.60.